The SMILES string of the molecule is CC(CN)(CCc1ccccc1)NCCCCCO. The number of nitrogens with one attached hydrogen (secondary N) is 1. The number of unbranched alkanes of at least 4 members (excludes halogenated alkanes) is 2. The zero-order chi connectivity index (χ0) is 14.0. The lowest BCUT2D eigenvalue weighted by Gasteiger charge is -2.30. The highest BCUT2D eigenvalue weighted by molar-refractivity contribution is 5.15. The molecule has 1 aromatic carbocycles. The average molecular weight is 264 g/mol. The highest BCUT2D eigenvalue weighted by Crippen LogP contribution is 2.13. The Bertz CT molecular complexity index is 329. The molecule has 1 unspecified atom stereocenters. The van der Waals surface area contributed by atoms with Crippen LogP contribution in [0.3, 0.4) is 0 Å². The van der Waals surface area contributed by atoms with E-state index in [2.05, 4.69) is 36.5 Å². The van der Waals surface area contributed by atoms with Crippen molar-refractivity contribution in [2.75, 3.05) is 19.7 Å². The van der Waals surface area contributed by atoms with Crippen LogP contribution in [0.5, 0.6) is 0 Å². The van der Waals surface area contributed by atoms with E-state index in [-0.39, 0.29) is 5.54 Å². The molecule has 3 nitrogen and oxygen atoms in total. The van der Waals surface area contributed by atoms with E-state index in [0.29, 0.717) is 13.2 Å². The average Bonchev–Trinajstić information content (AvgIpc) is 2.46. The van der Waals surface area contributed by atoms with Crippen LogP contribution in [0.4, 0.5) is 0 Å². The summed E-state index contributed by atoms with van der Waals surface area (Å²) in [6, 6.07) is 10.5. The van der Waals surface area contributed by atoms with Crippen molar-refractivity contribution in [1.82, 2.24) is 5.32 Å². The topological polar surface area (TPSA) is 58.3 Å². The summed E-state index contributed by atoms with van der Waals surface area (Å²) in [5.74, 6) is 0. The molecule has 0 spiro atoms. The predicted molar refractivity (Wildman–Crippen MR) is 81.2 cm³/mol. The van der Waals surface area contributed by atoms with Gasteiger partial charge in [-0.1, -0.05) is 30.3 Å². The van der Waals surface area contributed by atoms with Crippen LogP contribution in [-0.2, 0) is 6.42 Å². The Balaban J connectivity index is 2.29. The number of aliphatic hydroxyl groups is 1. The molecule has 19 heavy (non-hydrogen) atoms. The number of rotatable bonds is 10. The van der Waals surface area contributed by atoms with Gasteiger partial charge in [0.15, 0.2) is 0 Å². The monoisotopic (exact) mass is 264 g/mol. The summed E-state index contributed by atoms with van der Waals surface area (Å²) in [5, 5.41) is 12.3. The van der Waals surface area contributed by atoms with Crippen LogP contribution in [-0.4, -0.2) is 30.3 Å². The van der Waals surface area contributed by atoms with Gasteiger partial charge in [-0.25, -0.2) is 0 Å². The molecule has 108 valence electrons. The molecule has 0 radical (unpaired) electrons. The number of aliphatic hydroxyl groups excluding tert-OH is 1. The molecule has 0 aliphatic carbocycles. The Kier molecular flexibility index (Phi) is 7.72. The first-order valence-electron chi connectivity index (χ1n) is 7.30. The van der Waals surface area contributed by atoms with Crippen LogP contribution in [0.25, 0.3) is 0 Å². The van der Waals surface area contributed by atoms with Crippen LogP contribution < -0.4 is 11.1 Å². The zero-order valence-corrected chi connectivity index (χ0v) is 12.1. The van der Waals surface area contributed by atoms with Crippen LogP contribution in [0, 0.1) is 0 Å². The minimum atomic E-state index is 0.00898. The second kappa shape index (κ2) is 9.08. The van der Waals surface area contributed by atoms with Crippen LogP contribution in [0.2, 0.25) is 0 Å². The maximum Gasteiger partial charge on any atom is 0.0431 e. The van der Waals surface area contributed by atoms with Crippen LogP contribution >= 0.6 is 0 Å². The molecule has 1 atom stereocenters. The second-order valence-electron chi connectivity index (χ2n) is 5.46. The van der Waals surface area contributed by atoms with Gasteiger partial charge in [0.1, 0.15) is 0 Å². The predicted octanol–water partition coefficient (Wildman–Crippen LogP) is 2.09. The van der Waals surface area contributed by atoms with Gasteiger partial charge in [-0.05, 0) is 51.1 Å². The van der Waals surface area contributed by atoms with Crippen molar-refractivity contribution in [3.63, 3.8) is 0 Å². The molecular formula is C16H28N2O. The Labute approximate surface area is 117 Å². The van der Waals surface area contributed by atoms with Crippen molar-refractivity contribution < 1.29 is 5.11 Å². The Morgan fingerprint density at radius 3 is 2.53 bits per heavy atom. The van der Waals surface area contributed by atoms with Gasteiger partial charge in [0.05, 0.1) is 0 Å². The summed E-state index contributed by atoms with van der Waals surface area (Å²) in [6.45, 7) is 4.12. The lowest BCUT2D eigenvalue weighted by atomic mass is 9.93. The van der Waals surface area contributed by atoms with Crippen LogP contribution in [0.15, 0.2) is 30.3 Å². The molecule has 0 aliphatic heterocycles. The Morgan fingerprint density at radius 2 is 1.89 bits per heavy atom. The molecule has 0 aromatic heterocycles. The van der Waals surface area contributed by atoms with Gasteiger partial charge < -0.3 is 16.2 Å². The van der Waals surface area contributed by atoms with Gasteiger partial charge in [-0.2, -0.15) is 0 Å². The quantitative estimate of drug-likeness (QED) is 0.567. The lowest BCUT2D eigenvalue weighted by Crippen LogP contribution is -2.49. The molecule has 0 saturated heterocycles. The molecular weight excluding hydrogens is 236 g/mol. The van der Waals surface area contributed by atoms with Gasteiger partial charge in [0, 0.05) is 18.7 Å². The molecule has 0 amide bonds. The second-order valence-corrected chi connectivity index (χ2v) is 5.46. The highest BCUT2D eigenvalue weighted by atomic mass is 16.2. The number of hydrogen-bond acceptors (Lipinski definition) is 3. The fraction of sp³-hybridized carbons (Fsp3) is 0.625. The molecule has 1 rings (SSSR count). The summed E-state index contributed by atoms with van der Waals surface area (Å²) < 4.78 is 0. The first-order chi connectivity index (χ1) is 9.20. The number of benzene rings is 1. The van der Waals surface area contributed by atoms with E-state index in [0.717, 1.165) is 38.6 Å². The van der Waals surface area contributed by atoms with E-state index in [1.165, 1.54) is 5.56 Å². The van der Waals surface area contributed by atoms with Gasteiger partial charge >= 0.3 is 0 Å². The van der Waals surface area contributed by atoms with Gasteiger partial charge in [-0.3, -0.25) is 0 Å². The molecule has 4 N–H and O–H groups in total. The minimum Gasteiger partial charge on any atom is -0.396 e. The lowest BCUT2D eigenvalue weighted by molar-refractivity contribution is 0.279. The van der Waals surface area contributed by atoms with E-state index >= 15 is 0 Å². The Hall–Kier alpha value is -0.900. The molecule has 0 aliphatic rings. The van der Waals surface area contributed by atoms with Crippen molar-refractivity contribution in [1.29, 1.82) is 0 Å². The fourth-order valence-electron chi connectivity index (χ4n) is 2.13. The number of aryl methyl sites for hydroxylation is 1. The van der Waals surface area contributed by atoms with Crippen molar-refractivity contribution in [2.24, 2.45) is 5.73 Å². The number of hydrogen-bond donors (Lipinski definition) is 3. The molecule has 0 heterocycles. The molecule has 0 saturated carbocycles. The van der Waals surface area contributed by atoms with Crippen LogP contribution in [0.1, 0.15) is 38.2 Å². The zero-order valence-electron chi connectivity index (χ0n) is 12.1. The molecule has 0 bridgehead atoms. The standard InChI is InChI=1S/C16H28N2O/c1-16(14-17,18-12-6-3-7-13-19)11-10-15-8-4-2-5-9-15/h2,4-5,8-9,18-19H,3,6-7,10-14,17H2,1H3. The first-order valence-corrected chi connectivity index (χ1v) is 7.30. The summed E-state index contributed by atoms with van der Waals surface area (Å²) in [6.07, 6.45) is 5.17. The maximum atomic E-state index is 8.74. The smallest absolute Gasteiger partial charge is 0.0431 e. The van der Waals surface area contributed by atoms with Crippen molar-refractivity contribution >= 4 is 0 Å². The van der Waals surface area contributed by atoms with Gasteiger partial charge in [-0.15, -0.1) is 0 Å². The maximum absolute atomic E-state index is 8.74. The largest absolute Gasteiger partial charge is 0.396 e. The van der Waals surface area contributed by atoms with Gasteiger partial charge in [0.25, 0.3) is 0 Å². The summed E-state index contributed by atoms with van der Waals surface area (Å²) in [4.78, 5) is 0. The van der Waals surface area contributed by atoms with E-state index in [4.69, 9.17) is 10.8 Å². The van der Waals surface area contributed by atoms with E-state index in [1.807, 2.05) is 6.07 Å². The van der Waals surface area contributed by atoms with Crippen molar-refractivity contribution in [2.45, 2.75) is 44.6 Å². The summed E-state index contributed by atoms with van der Waals surface area (Å²) >= 11 is 0. The van der Waals surface area contributed by atoms with E-state index in [1.54, 1.807) is 0 Å². The minimum absolute atomic E-state index is 0.00898. The third kappa shape index (κ3) is 6.71. The molecule has 0 fully saturated rings. The third-order valence-corrected chi connectivity index (χ3v) is 3.65. The summed E-state index contributed by atoms with van der Waals surface area (Å²) in [7, 11) is 0. The normalized spacial score (nSPS) is 14.3. The van der Waals surface area contributed by atoms with E-state index < -0.39 is 0 Å². The molecule has 1 aromatic rings. The van der Waals surface area contributed by atoms with E-state index in [9.17, 15) is 0 Å². The van der Waals surface area contributed by atoms with Crippen molar-refractivity contribution in [3.05, 3.63) is 35.9 Å². The third-order valence-electron chi connectivity index (χ3n) is 3.65. The fourth-order valence-corrected chi connectivity index (χ4v) is 2.13. The highest BCUT2D eigenvalue weighted by Gasteiger charge is 2.20. The summed E-state index contributed by atoms with van der Waals surface area (Å²) in [5.41, 5.74) is 7.28. The van der Waals surface area contributed by atoms with Gasteiger partial charge in [0.2, 0.25) is 0 Å². The molecule has 3 heteroatoms. The first kappa shape index (κ1) is 16.2. The Morgan fingerprint density at radius 1 is 1.16 bits per heavy atom. The number of nitrogens with two attached hydrogens (primary N) is 1. The van der Waals surface area contributed by atoms with Crippen molar-refractivity contribution in [3.8, 4) is 0 Å².